The average molecular weight is 636 g/mol. The number of para-hydroxylation sites is 1. The Balaban J connectivity index is 1.43. The van der Waals surface area contributed by atoms with Gasteiger partial charge in [0.15, 0.2) is 0 Å². The van der Waals surface area contributed by atoms with Gasteiger partial charge in [0.25, 0.3) is 0 Å². The molecule has 0 spiro atoms. The fourth-order valence-electron chi connectivity index (χ4n) is 5.11. The summed E-state index contributed by atoms with van der Waals surface area (Å²) in [6.07, 6.45) is 5.68. The number of nitrogens with zero attached hydrogens (tertiary/aromatic N) is 2. The largest absolute Gasteiger partial charge is 0.497 e. The van der Waals surface area contributed by atoms with Crippen LogP contribution in [0.2, 0.25) is 0 Å². The lowest BCUT2D eigenvalue weighted by molar-refractivity contribution is 0.0322. The molecular formula is C37H41N5O5. The number of carbonyl (C=O) groups excluding carboxylic acids is 1. The maximum Gasteiger partial charge on any atom is 0.414 e. The van der Waals surface area contributed by atoms with E-state index in [4.69, 9.17) is 18.9 Å². The zero-order valence-electron chi connectivity index (χ0n) is 27.4. The fourth-order valence-corrected chi connectivity index (χ4v) is 5.11. The molecule has 1 aliphatic rings. The Kier molecular flexibility index (Phi) is 10.3. The molecule has 1 atom stereocenters. The molecule has 3 N–H and O–H groups in total. The van der Waals surface area contributed by atoms with Gasteiger partial charge in [-0.15, -0.1) is 0 Å². The van der Waals surface area contributed by atoms with Crippen LogP contribution in [0.4, 0.5) is 16.3 Å². The van der Waals surface area contributed by atoms with Crippen LogP contribution in [0.3, 0.4) is 0 Å². The van der Waals surface area contributed by atoms with E-state index in [1.54, 1.807) is 31.5 Å². The lowest BCUT2D eigenvalue weighted by atomic mass is 10.00. The van der Waals surface area contributed by atoms with Gasteiger partial charge in [-0.2, -0.15) is 0 Å². The number of hydrogen-bond acceptors (Lipinski definition) is 9. The monoisotopic (exact) mass is 635 g/mol. The SMILES string of the molecule is COc1ccc(CNc2nccc(NC3CC=CN(C(=O)OC(C)(C)C)C3)c2C(=N)c2ccc(Oc3ccccc3)cc2)c(OC)c1. The van der Waals surface area contributed by atoms with Gasteiger partial charge < -0.3 is 29.6 Å². The summed E-state index contributed by atoms with van der Waals surface area (Å²) in [5, 5.41) is 16.4. The van der Waals surface area contributed by atoms with Crippen molar-refractivity contribution in [3.63, 3.8) is 0 Å². The number of anilines is 2. The highest BCUT2D eigenvalue weighted by Crippen LogP contribution is 2.31. The number of benzene rings is 3. The summed E-state index contributed by atoms with van der Waals surface area (Å²) >= 11 is 0. The number of rotatable bonds is 11. The van der Waals surface area contributed by atoms with Gasteiger partial charge in [-0.05, 0) is 81.8 Å². The highest BCUT2D eigenvalue weighted by atomic mass is 16.6. The summed E-state index contributed by atoms with van der Waals surface area (Å²) in [6.45, 7) is 6.34. The maximum atomic E-state index is 12.8. The third-order valence-corrected chi connectivity index (χ3v) is 7.37. The molecule has 0 aliphatic carbocycles. The molecule has 244 valence electrons. The normalized spacial score (nSPS) is 14.2. The van der Waals surface area contributed by atoms with E-state index in [0.717, 1.165) is 11.3 Å². The third-order valence-electron chi connectivity index (χ3n) is 7.37. The number of aromatic nitrogens is 1. The van der Waals surface area contributed by atoms with E-state index in [-0.39, 0.29) is 11.8 Å². The standard InChI is InChI=1S/C37H41N5O5/c1-37(2,3)47-36(43)42-21-9-10-27(24-42)41-31-19-20-39-35(40-23-26-15-18-30(44-4)22-32(26)45-5)33(31)34(38)25-13-16-29(17-14-25)46-28-11-7-6-8-12-28/h6-9,11-22,27,38H,10,23-24H2,1-5H3,(H2,39,40,41). The maximum absolute atomic E-state index is 12.8. The second kappa shape index (κ2) is 14.7. The number of methoxy groups -OCH3 is 2. The number of amides is 1. The molecule has 0 saturated carbocycles. The van der Waals surface area contributed by atoms with Gasteiger partial charge in [0, 0.05) is 54.4 Å². The molecule has 10 heteroatoms. The first kappa shape index (κ1) is 32.9. The number of nitrogens with one attached hydrogen (secondary N) is 3. The lowest BCUT2D eigenvalue weighted by Gasteiger charge is -2.31. The zero-order valence-corrected chi connectivity index (χ0v) is 27.4. The molecule has 1 aromatic heterocycles. The van der Waals surface area contributed by atoms with Crippen LogP contribution in [-0.2, 0) is 11.3 Å². The van der Waals surface area contributed by atoms with Gasteiger partial charge in [0.1, 0.15) is 34.4 Å². The summed E-state index contributed by atoms with van der Waals surface area (Å²) in [5.41, 5.74) is 2.56. The van der Waals surface area contributed by atoms with Crippen molar-refractivity contribution in [2.45, 2.75) is 45.4 Å². The van der Waals surface area contributed by atoms with Gasteiger partial charge in [0.2, 0.25) is 0 Å². The number of pyridine rings is 1. The fraction of sp³-hybridized carbons (Fsp3) is 0.270. The van der Waals surface area contributed by atoms with E-state index in [9.17, 15) is 10.2 Å². The molecule has 0 saturated heterocycles. The van der Waals surface area contributed by atoms with Crippen LogP contribution >= 0.6 is 0 Å². The molecular weight excluding hydrogens is 594 g/mol. The molecule has 4 aromatic rings. The van der Waals surface area contributed by atoms with Crippen molar-refractivity contribution in [2.24, 2.45) is 0 Å². The Hall–Kier alpha value is -5.51. The van der Waals surface area contributed by atoms with Crippen molar-refractivity contribution < 1.29 is 23.7 Å². The van der Waals surface area contributed by atoms with Crippen LogP contribution < -0.4 is 24.8 Å². The van der Waals surface area contributed by atoms with Crippen LogP contribution in [0.25, 0.3) is 0 Å². The second-order valence-corrected chi connectivity index (χ2v) is 12.0. The van der Waals surface area contributed by atoms with E-state index >= 15 is 0 Å². The van der Waals surface area contributed by atoms with Gasteiger partial charge in [-0.3, -0.25) is 10.3 Å². The number of ether oxygens (including phenoxy) is 4. The summed E-state index contributed by atoms with van der Waals surface area (Å²) < 4.78 is 22.5. The van der Waals surface area contributed by atoms with Crippen LogP contribution in [0.15, 0.2) is 97.3 Å². The highest BCUT2D eigenvalue weighted by molar-refractivity contribution is 6.17. The first-order chi connectivity index (χ1) is 22.6. The molecule has 0 radical (unpaired) electrons. The van der Waals surface area contributed by atoms with Gasteiger partial charge in [0.05, 0.1) is 25.5 Å². The molecule has 1 aliphatic heterocycles. The molecule has 47 heavy (non-hydrogen) atoms. The second-order valence-electron chi connectivity index (χ2n) is 12.0. The van der Waals surface area contributed by atoms with Crippen LogP contribution in [0, 0.1) is 5.41 Å². The van der Waals surface area contributed by atoms with Crippen molar-refractivity contribution in [1.29, 1.82) is 5.41 Å². The Labute approximate surface area is 275 Å². The van der Waals surface area contributed by atoms with E-state index in [2.05, 4.69) is 15.6 Å². The molecule has 0 fully saturated rings. The van der Waals surface area contributed by atoms with Crippen LogP contribution in [0.1, 0.15) is 43.9 Å². The molecule has 2 heterocycles. The molecule has 10 nitrogen and oxygen atoms in total. The van der Waals surface area contributed by atoms with Gasteiger partial charge >= 0.3 is 6.09 Å². The summed E-state index contributed by atoms with van der Waals surface area (Å²) in [7, 11) is 3.23. The topological polar surface area (TPSA) is 118 Å². The zero-order chi connectivity index (χ0) is 33.4. The Morgan fingerprint density at radius 2 is 1.68 bits per heavy atom. The van der Waals surface area contributed by atoms with Crippen molar-refractivity contribution in [1.82, 2.24) is 9.88 Å². The van der Waals surface area contributed by atoms with Crippen molar-refractivity contribution >= 4 is 23.3 Å². The molecule has 0 bridgehead atoms. The van der Waals surface area contributed by atoms with Gasteiger partial charge in [-0.25, -0.2) is 9.78 Å². The van der Waals surface area contributed by atoms with E-state index in [1.807, 2.05) is 106 Å². The Morgan fingerprint density at radius 1 is 0.957 bits per heavy atom. The average Bonchev–Trinajstić information content (AvgIpc) is 3.07. The minimum Gasteiger partial charge on any atom is -0.497 e. The minimum absolute atomic E-state index is 0.127. The minimum atomic E-state index is -0.604. The van der Waals surface area contributed by atoms with Crippen molar-refractivity contribution in [3.8, 4) is 23.0 Å². The van der Waals surface area contributed by atoms with E-state index in [0.29, 0.717) is 59.4 Å². The van der Waals surface area contributed by atoms with Crippen LogP contribution in [0.5, 0.6) is 23.0 Å². The van der Waals surface area contributed by atoms with Crippen molar-refractivity contribution in [3.05, 3.63) is 114 Å². The van der Waals surface area contributed by atoms with Crippen molar-refractivity contribution in [2.75, 3.05) is 31.4 Å². The third kappa shape index (κ3) is 8.61. The lowest BCUT2D eigenvalue weighted by Crippen LogP contribution is -2.42. The first-order valence-electron chi connectivity index (χ1n) is 15.4. The summed E-state index contributed by atoms with van der Waals surface area (Å²) in [6, 6.07) is 24.3. The van der Waals surface area contributed by atoms with Crippen LogP contribution in [-0.4, -0.2) is 54.1 Å². The number of hydrogen-bond donors (Lipinski definition) is 3. The van der Waals surface area contributed by atoms with E-state index < -0.39 is 11.7 Å². The quantitative estimate of drug-likeness (QED) is 0.143. The molecule has 1 amide bonds. The number of carbonyl (C=O) groups is 1. The Bertz CT molecular complexity index is 1720. The highest BCUT2D eigenvalue weighted by Gasteiger charge is 2.26. The summed E-state index contributed by atoms with van der Waals surface area (Å²) in [5.74, 6) is 3.29. The predicted molar refractivity (Wildman–Crippen MR) is 184 cm³/mol. The molecule has 3 aromatic carbocycles. The first-order valence-corrected chi connectivity index (χ1v) is 15.4. The molecule has 1 unspecified atom stereocenters. The molecule has 5 rings (SSSR count). The smallest absolute Gasteiger partial charge is 0.414 e. The van der Waals surface area contributed by atoms with Gasteiger partial charge in [-0.1, -0.05) is 24.3 Å². The predicted octanol–water partition coefficient (Wildman–Crippen LogP) is 7.85. The Morgan fingerprint density at radius 3 is 2.38 bits per heavy atom. The summed E-state index contributed by atoms with van der Waals surface area (Å²) in [4.78, 5) is 19.1. The van der Waals surface area contributed by atoms with E-state index in [1.165, 1.54) is 0 Å².